The molecule has 3 aromatic carbocycles. The van der Waals surface area contributed by atoms with Crippen molar-refractivity contribution >= 4 is 47.4 Å². The van der Waals surface area contributed by atoms with Gasteiger partial charge in [0, 0.05) is 50.5 Å². The summed E-state index contributed by atoms with van der Waals surface area (Å²) in [6.07, 6.45) is 2.27. The first-order chi connectivity index (χ1) is 32.4. The van der Waals surface area contributed by atoms with Crippen molar-refractivity contribution in [2.24, 2.45) is 0 Å². The third kappa shape index (κ3) is 24.3. The lowest BCUT2D eigenvalue weighted by Crippen LogP contribution is -2.33. The number of Topliss-reactive ketones (excluding diaryl/α,β-unsaturated/α-hetero) is 2. The van der Waals surface area contributed by atoms with Crippen molar-refractivity contribution in [1.29, 1.82) is 0 Å². The summed E-state index contributed by atoms with van der Waals surface area (Å²) in [4.78, 5) is 94.2. The number of rotatable bonds is 28. The van der Waals surface area contributed by atoms with E-state index < -0.39 is 48.3 Å². The van der Waals surface area contributed by atoms with Gasteiger partial charge in [0.25, 0.3) is 5.91 Å². The van der Waals surface area contributed by atoms with Crippen LogP contribution in [0.4, 0.5) is 4.79 Å². The Balaban J connectivity index is 0.000000635. The van der Waals surface area contributed by atoms with E-state index in [-0.39, 0.29) is 36.7 Å². The minimum Gasteiger partial charge on any atom is -0.463 e. The molecule has 0 spiro atoms. The zero-order valence-electron chi connectivity index (χ0n) is 40.1. The number of carbonyl (C=O) groups is 8. The maximum Gasteiger partial charge on any atom is 0.347 e. The maximum atomic E-state index is 12.8. The van der Waals surface area contributed by atoms with Crippen LogP contribution in [0.2, 0.25) is 0 Å². The van der Waals surface area contributed by atoms with Crippen molar-refractivity contribution < 1.29 is 67.5 Å². The number of aliphatic hydroxyl groups is 2. The van der Waals surface area contributed by atoms with E-state index in [2.05, 4.69) is 20.7 Å². The quantitative estimate of drug-likeness (QED) is 0.0257. The lowest BCUT2D eigenvalue weighted by atomic mass is 9.99. The Morgan fingerprint density at radius 2 is 1.03 bits per heavy atom. The van der Waals surface area contributed by atoms with Crippen LogP contribution < -0.4 is 16.0 Å². The Kier molecular flexibility index (Phi) is 27.4. The molecule has 0 saturated carbocycles. The number of urea groups is 1. The van der Waals surface area contributed by atoms with Gasteiger partial charge in [-0.25, -0.2) is 24.0 Å². The van der Waals surface area contributed by atoms with Gasteiger partial charge in [0.1, 0.15) is 18.0 Å². The first kappa shape index (κ1) is 57.7. The van der Waals surface area contributed by atoms with Crippen LogP contribution in [-0.4, -0.2) is 109 Å². The lowest BCUT2D eigenvalue weighted by molar-refractivity contribution is -0.171. The number of hydrogen-bond acceptors (Lipinski definition) is 14. The molecule has 0 aromatic heterocycles. The van der Waals surface area contributed by atoms with Crippen LogP contribution in [0.5, 0.6) is 0 Å². The van der Waals surface area contributed by atoms with Gasteiger partial charge in [0.15, 0.2) is 18.0 Å². The third-order valence-electron chi connectivity index (χ3n) is 10.2. The van der Waals surface area contributed by atoms with Gasteiger partial charge in [-0.1, -0.05) is 79.1 Å². The average Bonchev–Trinajstić information content (AvgIpc) is 3.32. The van der Waals surface area contributed by atoms with E-state index in [1.807, 2.05) is 55.5 Å². The first-order valence-corrected chi connectivity index (χ1v) is 23.0. The summed E-state index contributed by atoms with van der Waals surface area (Å²) in [5.41, 5.74) is 5.19. The minimum absolute atomic E-state index is 0.00167. The van der Waals surface area contributed by atoms with Gasteiger partial charge in [-0.15, -0.1) is 0 Å². The van der Waals surface area contributed by atoms with Crippen LogP contribution in [0.25, 0.3) is 0 Å². The molecule has 3 amide bonds. The summed E-state index contributed by atoms with van der Waals surface area (Å²) in [5, 5.41) is 26.1. The van der Waals surface area contributed by atoms with Crippen molar-refractivity contribution in [2.75, 3.05) is 26.8 Å². The van der Waals surface area contributed by atoms with Crippen molar-refractivity contribution in [2.45, 2.75) is 136 Å². The topological polar surface area (TPSA) is 250 Å². The second-order valence-corrected chi connectivity index (χ2v) is 16.3. The second kappa shape index (κ2) is 32.3. The fourth-order valence-electron chi connectivity index (χ4n) is 6.03. The molecule has 3 aromatic rings. The maximum absolute atomic E-state index is 12.8. The van der Waals surface area contributed by atoms with Crippen LogP contribution in [0.15, 0.2) is 72.8 Å². The van der Waals surface area contributed by atoms with Crippen molar-refractivity contribution in [3.63, 3.8) is 0 Å². The van der Waals surface area contributed by atoms with Crippen LogP contribution in [-0.2, 0) is 62.3 Å². The second-order valence-electron chi connectivity index (χ2n) is 16.3. The van der Waals surface area contributed by atoms with Gasteiger partial charge in [0.2, 0.25) is 0 Å². The van der Waals surface area contributed by atoms with Gasteiger partial charge < -0.3 is 45.1 Å². The van der Waals surface area contributed by atoms with Crippen LogP contribution >= 0.6 is 0 Å². The molecule has 0 heterocycles. The highest BCUT2D eigenvalue weighted by Crippen LogP contribution is 2.14. The molecule has 4 atom stereocenters. The van der Waals surface area contributed by atoms with E-state index in [0.29, 0.717) is 62.7 Å². The monoisotopic (exact) mass is 947 g/mol. The van der Waals surface area contributed by atoms with Crippen LogP contribution in [0.3, 0.4) is 0 Å². The molecule has 4 unspecified atom stereocenters. The van der Waals surface area contributed by atoms with E-state index in [0.717, 1.165) is 54.4 Å². The molecule has 0 aliphatic carbocycles. The number of ketones is 2. The van der Waals surface area contributed by atoms with Gasteiger partial charge in [-0.05, 0) is 102 Å². The normalized spacial score (nSPS) is 12.4. The highest BCUT2D eigenvalue weighted by atomic mass is 16.6. The zero-order valence-corrected chi connectivity index (χ0v) is 40.1. The number of esters is 4. The molecule has 0 radical (unpaired) electrons. The fraction of sp³-hybridized carbons (Fsp3) is 0.490. The average molecular weight is 948 g/mol. The van der Waals surface area contributed by atoms with Gasteiger partial charge in [0.05, 0.1) is 13.2 Å². The molecule has 372 valence electrons. The van der Waals surface area contributed by atoms with Gasteiger partial charge in [-0.3, -0.25) is 14.4 Å². The molecular formula is C51H69N3O14. The Morgan fingerprint density at radius 1 is 0.544 bits per heavy atom. The Morgan fingerprint density at radius 3 is 1.56 bits per heavy atom. The summed E-state index contributed by atoms with van der Waals surface area (Å²) in [5.74, 6) is -3.07. The molecule has 17 heteroatoms. The molecule has 3 rings (SSSR count). The zero-order chi connectivity index (χ0) is 50.4. The number of carbonyl (C=O) groups excluding carboxylic acids is 8. The van der Waals surface area contributed by atoms with E-state index in [1.54, 1.807) is 31.3 Å². The molecule has 0 bridgehead atoms. The number of aryl methyl sites for hydroxylation is 2. The van der Waals surface area contributed by atoms with E-state index in [4.69, 9.17) is 24.4 Å². The SMILES string of the molecule is CNC(=O)NCCCCCOC(=O)C(C)OC(=O)C(C)O.Cc1ccc(CNC(=O)c2ccc(C(=O)CCc3ccc(CC(=O)CCCCCCOC(=O)C(C)OC(=O)C(C)O)cc3)cc2)cc1. The van der Waals surface area contributed by atoms with Gasteiger partial charge in [-0.2, -0.15) is 0 Å². The number of nitrogens with one attached hydrogen (secondary N) is 3. The summed E-state index contributed by atoms with van der Waals surface area (Å²) in [6, 6.07) is 22.2. The minimum atomic E-state index is -1.30. The van der Waals surface area contributed by atoms with Crippen molar-refractivity contribution in [1.82, 2.24) is 16.0 Å². The molecule has 0 fully saturated rings. The predicted octanol–water partition coefficient (Wildman–Crippen LogP) is 5.60. The van der Waals surface area contributed by atoms with Crippen molar-refractivity contribution in [3.8, 4) is 0 Å². The molecular weight excluding hydrogens is 879 g/mol. The van der Waals surface area contributed by atoms with E-state index >= 15 is 0 Å². The number of benzene rings is 3. The third-order valence-corrected chi connectivity index (χ3v) is 10.2. The highest BCUT2D eigenvalue weighted by Gasteiger charge is 2.23. The molecule has 5 N–H and O–H groups in total. The molecule has 68 heavy (non-hydrogen) atoms. The lowest BCUT2D eigenvalue weighted by Gasteiger charge is -2.13. The summed E-state index contributed by atoms with van der Waals surface area (Å²) < 4.78 is 19.5. The standard InChI is InChI=1S/C38H45NO8.C13H24N2O6/c1-26-9-11-31(12-10-26)25-39-36(43)33-20-18-32(19-21-33)35(42)22-17-29-13-15-30(16-14-29)24-34(41)8-6-4-5-7-23-46-38(45)28(3)47-37(44)27(2)40;1-9(16)11(17)21-10(2)12(18)20-8-6-4-5-7-15-13(19)14-3/h9-16,18-21,27-28,40H,4-8,17,22-25H2,1-3H3,(H,39,43);9-10,16H,4-8H2,1-3H3,(H2,14,15,19). The first-order valence-electron chi connectivity index (χ1n) is 23.0. The summed E-state index contributed by atoms with van der Waals surface area (Å²) in [6.45, 7) is 8.71. The van der Waals surface area contributed by atoms with Crippen LogP contribution in [0.1, 0.15) is 128 Å². The largest absolute Gasteiger partial charge is 0.463 e. The fourth-order valence-corrected chi connectivity index (χ4v) is 6.03. The Bertz CT molecular complexity index is 2050. The smallest absolute Gasteiger partial charge is 0.347 e. The molecule has 0 aliphatic rings. The molecule has 0 aliphatic heterocycles. The highest BCUT2D eigenvalue weighted by molar-refractivity contribution is 5.99. The molecule has 0 saturated heterocycles. The molecule has 17 nitrogen and oxygen atoms in total. The van der Waals surface area contributed by atoms with Crippen molar-refractivity contribution in [3.05, 3.63) is 106 Å². The number of hydrogen-bond donors (Lipinski definition) is 5. The number of aliphatic hydroxyl groups excluding tert-OH is 2. The van der Waals surface area contributed by atoms with Gasteiger partial charge >= 0.3 is 29.9 Å². The number of amides is 3. The number of unbranched alkanes of at least 4 members (excludes halogenated alkanes) is 5. The van der Waals surface area contributed by atoms with E-state index in [1.165, 1.54) is 27.7 Å². The predicted molar refractivity (Wildman–Crippen MR) is 252 cm³/mol. The Hall–Kier alpha value is -6.46. The summed E-state index contributed by atoms with van der Waals surface area (Å²) in [7, 11) is 1.54. The summed E-state index contributed by atoms with van der Waals surface area (Å²) >= 11 is 0. The number of ether oxygens (including phenoxy) is 4. The van der Waals surface area contributed by atoms with E-state index in [9.17, 15) is 38.4 Å². The Labute approximate surface area is 399 Å². The van der Waals surface area contributed by atoms with Crippen LogP contribution in [0, 0.1) is 6.92 Å².